The summed E-state index contributed by atoms with van der Waals surface area (Å²) in [6.07, 6.45) is -4.59. The van der Waals surface area contributed by atoms with Crippen LogP contribution in [0.3, 0.4) is 0 Å². The minimum absolute atomic E-state index is 0. The molecule has 0 saturated carbocycles. The number of nitro benzene ring substituents is 1. The van der Waals surface area contributed by atoms with Gasteiger partial charge in [-0.2, -0.15) is 13.2 Å². The van der Waals surface area contributed by atoms with Crippen molar-refractivity contribution < 1.29 is 22.9 Å². The minimum atomic E-state index is -4.65. The van der Waals surface area contributed by atoms with Gasteiger partial charge in [0.1, 0.15) is 5.69 Å². The van der Waals surface area contributed by atoms with E-state index >= 15 is 0 Å². The van der Waals surface area contributed by atoms with Crippen molar-refractivity contribution in [2.24, 2.45) is 5.92 Å². The van der Waals surface area contributed by atoms with Crippen LogP contribution in [0.5, 0.6) is 0 Å². The molecule has 0 spiro atoms. The molecule has 25 heavy (non-hydrogen) atoms. The van der Waals surface area contributed by atoms with Gasteiger partial charge >= 0.3 is 6.18 Å². The van der Waals surface area contributed by atoms with Crippen LogP contribution in [0, 0.1) is 16.0 Å². The first-order chi connectivity index (χ1) is 11.3. The van der Waals surface area contributed by atoms with E-state index in [1.165, 1.54) is 0 Å². The number of carbonyl (C=O) groups excluding carboxylic acids is 1. The Labute approximate surface area is 147 Å². The van der Waals surface area contributed by atoms with Crippen LogP contribution in [0.25, 0.3) is 0 Å². The summed E-state index contributed by atoms with van der Waals surface area (Å²) in [4.78, 5) is 21.7. The maximum atomic E-state index is 12.6. The van der Waals surface area contributed by atoms with Crippen molar-refractivity contribution >= 4 is 29.7 Å². The molecule has 2 rings (SSSR count). The third-order valence-corrected chi connectivity index (χ3v) is 3.64. The zero-order valence-corrected chi connectivity index (χ0v) is 13.9. The van der Waals surface area contributed by atoms with Crippen LogP contribution in [0.2, 0.25) is 0 Å². The topological polar surface area (TPSA) is 96.3 Å². The first kappa shape index (κ1) is 21.0. The van der Waals surface area contributed by atoms with Gasteiger partial charge in [-0.3, -0.25) is 14.9 Å². The Morgan fingerprint density at radius 3 is 2.56 bits per heavy atom. The fourth-order valence-electron chi connectivity index (χ4n) is 2.16. The summed E-state index contributed by atoms with van der Waals surface area (Å²) < 4.78 is 37.8. The van der Waals surface area contributed by atoms with Gasteiger partial charge in [0.25, 0.3) is 5.69 Å². The summed E-state index contributed by atoms with van der Waals surface area (Å²) in [6.45, 7) is 2.36. The number of anilines is 1. The molecule has 1 fully saturated rings. The molecule has 1 aliphatic heterocycles. The molecule has 0 aliphatic carbocycles. The Morgan fingerprint density at radius 2 is 2.04 bits per heavy atom. The molecule has 0 bridgehead atoms. The molecule has 0 radical (unpaired) electrons. The lowest BCUT2D eigenvalue weighted by Gasteiger charge is -2.27. The van der Waals surface area contributed by atoms with E-state index in [4.69, 9.17) is 0 Å². The van der Waals surface area contributed by atoms with E-state index in [9.17, 15) is 28.1 Å². The summed E-state index contributed by atoms with van der Waals surface area (Å²) in [6, 6.07) is 2.24. The van der Waals surface area contributed by atoms with Gasteiger partial charge in [0.2, 0.25) is 5.91 Å². The third kappa shape index (κ3) is 6.05. The predicted molar refractivity (Wildman–Crippen MR) is 87.8 cm³/mol. The van der Waals surface area contributed by atoms with Crippen molar-refractivity contribution in [1.29, 1.82) is 0 Å². The first-order valence-corrected chi connectivity index (χ1v) is 7.34. The number of hydrogen-bond donors (Lipinski definition) is 3. The van der Waals surface area contributed by atoms with Gasteiger partial charge in [-0.1, -0.05) is 0 Å². The molecular formula is C14H18ClF3N4O3. The monoisotopic (exact) mass is 382 g/mol. The van der Waals surface area contributed by atoms with E-state index in [1.807, 2.05) is 0 Å². The summed E-state index contributed by atoms with van der Waals surface area (Å²) >= 11 is 0. The number of nitrogens with zero attached hydrogens (tertiary/aromatic N) is 1. The van der Waals surface area contributed by atoms with Crippen LogP contribution in [0.1, 0.15) is 12.0 Å². The summed E-state index contributed by atoms with van der Waals surface area (Å²) in [5, 5.41) is 19.4. The SMILES string of the molecule is Cl.O=C(CCNc1ccc(C(F)(F)F)cc1[N+](=O)[O-])NCC1CNC1. The molecule has 1 saturated heterocycles. The second-order valence-corrected chi connectivity index (χ2v) is 5.49. The zero-order valence-electron chi connectivity index (χ0n) is 13.1. The number of nitrogens with one attached hydrogen (secondary N) is 3. The lowest BCUT2D eigenvalue weighted by atomic mass is 10.0. The quantitative estimate of drug-likeness (QED) is 0.496. The van der Waals surface area contributed by atoms with E-state index in [0.717, 1.165) is 25.2 Å². The molecule has 1 aromatic carbocycles. The Hall–Kier alpha value is -2.07. The van der Waals surface area contributed by atoms with Crippen LogP contribution < -0.4 is 16.0 Å². The molecule has 1 aromatic rings. The lowest BCUT2D eigenvalue weighted by Crippen LogP contribution is -2.48. The first-order valence-electron chi connectivity index (χ1n) is 7.34. The normalized spacial score (nSPS) is 14.2. The summed E-state index contributed by atoms with van der Waals surface area (Å²) in [7, 11) is 0. The molecule has 3 N–H and O–H groups in total. The van der Waals surface area contributed by atoms with Crippen LogP contribution >= 0.6 is 12.4 Å². The zero-order chi connectivity index (χ0) is 17.7. The molecule has 1 aliphatic rings. The van der Waals surface area contributed by atoms with Gasteiger partial charge in [0, 0.05) is 44.6 Å². The largest absolute Gasteiger partial charge is 0.416 e. The number of nitro groups is 1. The Balaban J connectivity index is 0.00000312. The number of halogens is 4. The molecule has 140 valence electrons. The summed E-state index contributed by atoms with van der Waals surface area (Å²) in [5.74, 6) is 0.196. The fourth-order valence-corrected chi connectivity index (χ4v) is 2.16. The molecule has 1 heterocycles. The number of amides is 1. The highest BCUT2D eigenvalue weighted by molar-refractivity contribution is 5.85. The highest BCUT2D eigenvalue weighted by Gasteiger charge is 2.33. The molecule has 1 amide bonds. The number of hydrogen-bond acceptors (Lipinski definition) is 5. The molecular weight excluding hydrogens is 365 g/mol. The minimum Gasteiger partial charge on any atom is -0.379 e. The standard InChI is InChI=1S/C14H17F3N4O3.ClH/c15-14(16,17)10-1-2-11(12(5-10)21(23)24)19-4-3-13(22)20-8-9-6-18-7-9;/h1-2,5,9,18-19H,3-4,6-8H2,(H,20,22);1H. The lowest BCUT2D eigenvalue weighted by molar-refractivity contribution is -0.384. The average Bonchev–Trinajstić information content (AvgIpc) is 2.44. The van der Waals surface area contributed by atoms with Crippen LogP contribution in [-0.4, -0.2) is 37.0 Å². The van der Waals surface area contributed by atoms with Crippen LogP contribution in [0.15, 0.2) is 18.2 Å². The summed E-state index contributed by atoms with van der Waals surface area (Å²) in [5.41, 5.74) is -1.82. The van der Waals surface area contributed by atoms with Crippen molar-refractivity contribution in [3.05, 3.63) is 33.9 Å². The van der Waals surface area contributed by atoms with Gasteiger partial charge in [-0.25, -0.2) is 0 Å². The second-order valence-electron chi connectivity index (χ2n) is 5.49. The van der Waals surface area contributed by atoms with Crippen LogP contribution in [-0.2, 0) is 11.0 Å². The van der Waals surface area contributed by atoms with E-state index in [-0.39, 0.29) is 37.0 Å². The van der Waals surface area contributed by atoms with Gasteiger partial charge in [0.15, 0.2) is 0 Å². The fraction of sp³-hybridized carbons (Fsp3) is 0.500. The molecule has 7 nitrogen and oxygen atoms in total. The molecule has 0 atom stereocenters. The van der Waals surface area contributed by atoms with E-state index in [1.54, 1.807) is 0 Å². The van der Waals surface area contributed by atoms with Crippen molar-refractivity contribution in [2.45, 2.75) is 12.6 Å². The molecule has 11 heteroatoms. The van der Waals surface area contributed by atoms with E-state index < -0.39 is 22.4 Å². The van der Waals surface area contributed by atoms with E-state index in [0.29, 0.717) is 18.5 Å². The maximum absolute atomic E-state index is 12.6. The Morgan fingerprint density at radius 1 is 1.36 bits per heavy atom. The second kappa shape index (κ2) is 8.86. The number of rotatable bonds is 7. The van der Waals surface area contributed by atoms with Gasteiger partial charge in [-0.05, 0) is 12.1 Å². The van der Waals surface area contributed by atoms with Crippen molar-refractivity contribution in [3.8, 4) is 0 Å². The number of alkyl halides is 3. The van der Waals surface area contributed by atoms with Crippen molar-refractivity contribution in [3.63, 3.8) is 0 Å². The molecule has 0 unspecified atom stereocenters. The highest BCUT2D eigenvalue weighted by Crippen LogP contribution is 2.34. The highest BCUT2D eigenvalue weighted by atomic mass is 35.5. The smallest absolute Gasteiger partial charge is 0.379 e. The van der Waals surface area contributed by atoms with Gasteiger partial charge in [-0.15, -0.1) is 12.4 Å². The van der Waals surface area contributed by atoms with E-state index in [2.05, 4.69) is 16.0 Å². The third-order valence-electron chi connectivity index (χ3n) is 3.64. The number of carbonyl (C=O) groups is 1. The van der Waals surface area contributed by atoms with Gasteiger partial charge < -0.3 is 16.0 Å². The van der Waals surface area contributed by atoms with Crippen molar-refractivity contribution in [2.75, 3.05) is 31.5 Å². The van der Waals surface area contributed by atoms with Gasteiger partial charge in [0.05, 0.1) is 10.5 Å². The Bertz CT molecular complexity index is 624. The van der Waals surface area contributed by atoms with Crippen LogP contribution in [0.4, 0.5) is 24.5 Å². The maximum Gasteiger partial charge on any atom is 0.416 e. The Kier molecular flexibility index (Phi) is 7.43. The average molecular weight is 383 g/mol. The van der Waals surface area contributed by atoms with Crippen molar-refractivity contribution in [1.82, 2.24) is 10.6 Å². The number of benzene rings is 1. The predicted octanol–water partition coefficient (Wildman–Crippen LogP) is 2.17. The molecule has 0 aromatic heterocycles.